The van der Waals surface area contributed by atoms with E-state index in [2.05, 4.69) is 0 Å². The lowest BCUT2D eigenvalue weighted by molar-refractivity contribution is -0.161. The molecule has 2 N–H and O–H groups in total. The van der Waals surface area contributed by atoms with Gasteiger partial charge in [0.15, 0.2) is 5.60 Å². The van der Waals surface area contributed by atoms with Crippen molar-refractivity contribution in [1.82, 2.24) is 0 Å². The van der Waals surface area contributed by atoms with Crippen LogP contribution in [-0.4, -0.2) is 21.8 Å². The molecule has 0 saturated carbocycles. The summed E-state index contributed by atoms with van der Waals surface area (Å²) in [5.41, 5.74) is -1.71. The van der Waals surface area contributed by atoms with E-state index in [4.69, 9.17) is 5.11 Å². The van der Waals surface area contributed by atoms with E-state index in [0.29, 0.717) is 0 Å². The molecule has 0 aliphatic carbocycles. The van der Waals surface area contributed by atoms with E-state index in [-0.39, 0.29) is 12.0 Å². The molecule has 3 nitrogen and oxygen atoms in total. The van der Waals surface area contributed by atoms with Crippen LogP contribution in [0, 0.1) is 5.82 Å². The maximum absolute atomic E-state index is 13.5. The van der Waals surface area contributed by atoms with Crippen LogP contribution in [0.5, 0.6) is 0 Å². The summed E-state index contributed by atoms with van der Waals surface area (Å²) in [5, 5.41) is 19.0. The summed E-state index contributed by atoms with van der Waals surface area (Å²) in [6.07, 6.45) is 0.0256. The van der Waals surface area contributed by atoms with E-state index in [1.807, 2.05) is 0 Å². The molecular formula is C12H15FO3. The normalized spacial score (nSPS) is 16.5. The van der Waals surface area contributed by atoms with Gasteiger partial charge in [-0.2, -0.15) is 0 Å². The number of carboxylic acids is 1. The Morgan fingerprint density at radius 1 is 1.50 bits per heavy atom. The van der Waals surface area contributed by atoms with Crippen molar-refractivity contribution < 1.29 is 19.4 Å². The van der Waals surface area contributed by atoms with Crippen molar-refractivity contribution in [2.75, 3.05) is 0 Å². The van der Waals surface area contributed by atoms with Crippen LogP contribution in [0.3, 0.4) is 0 Å². The molecule has 0 heterocycles. The number of aliphatic hydroxyl groups is 1. The van der Waals surface area contributed by atoms with Gasteiger partial charge in [-0.1, -0.05) is 32.0 Å². The van der Waals surface area contributed by atoms with Crippen LogP contribution in [0.2, 0.25) is 0 Å². The van der Waals surface area contributed by atoms with Gasteiger partial charge in [0.05, 0.1) is 0 Å². The zero-order chi connectivity index (χ0) is 12.3. The lowest BCUT2D eigenvalue weighted by atomic mass is 9.81. The molecule has 88 valence electrons. The van der Waals surface area contributed by atoms with E-state index < -0.39 is 23.3 Å². The van der Waals surface area contributed by atoms with Crippen molar-refractivity contribution in [3.05, 3.63) is 35.6 Å². The molecule has 0 radical (unpaired) electrons. The zero-order valence-electron chi connectivity index (χ0n) is 9.27. The predicted octanol–water partition coefficient (Wildman–Crippen LogP) is 2.15. The Balaban J connectivity index is 3.15. The number of carbonyl (C=O) groups is 1. The van der Waals surface area contributed by atoms with Crippen molar-refractivity contribution >= 4 is 5.97 Å². The number of halogens is 1. The van der Waals surface area contributed by atoms with Gasteiger partial charge in [-0.05, 0) is 18.1 Å². The van der Waals surface area contributed by atoms with Crippen molar-refractivity contribution in [2.45, 2.75) is 31.8 Å². The number of rotatable bonds is 4. The van der Waals surface area contributed by atoms with Crippen molar-refractivity contribution in [3.8, 4) is 0 Å². The molecule has 0 bridgehead atoms. The Morgan fingerprint density at radius 3 is 2.50 bits per heavy atom. The first-order valence-electron chi connectivity index (χ1n) is 5.13. The Morgan fingerprint density at radius 2 is 2.06 bits per heavy atom. The highest BCUT2D eigenvalue weighted by Gasteiger charge is 2.41. The minimum Gasteiger partial charge on any atom is -0.479 e. The third-order valence-corrected chi connectivity index (χ3v) is 3.00. The van der Waals surface area contributed by atoms with Crippen molar-refractivity contribution in [3.63, 3.8) is 0 Å². The summed E-state index contributed by atoms with van der Waals surface area (Å²) >= 11 is 0. The van der Waals surface area contributed by atoms with Crippen LogP contribution in [0.15, 0.2) is 24.3 Å². The number of benzene rings is 1. The highest BCUT2D eigenvalue weighted by atomic mass is 19.1. The first kappa shape index (κ1) is 12.6. The van der Waals surface area contributed by atoms with Gasteiger partial charge in [0.25, 0.3) is 0 Å². The molecule has 0 aliphatic rings. The summed E-state index contributed by atoms with van der Waals surface area (Å²) < 4.78 is 13.5. The van der Waals surface area contributed by atoms with Crippen molar-refractivity contribution in [1.29, 1.82) is 0 Å². The second-order valence-electron chi connectivity index (χ2n) is 3.83. The zero-order valence-corrected chi connectivity index (χ0v) is 9.27. The fourth-order valence-corrected chi connectivity index (χ4v) is 1.73. The van der Waals surface area contributed by atoms with Crippen LogP contribution in [0.25, 0.3) is 0 Å². The number of aliphatic carboxylic acids is 1. The van der Waals surface area contributed by atoms with E-state index in [0.717, 1.165) is 0 Å². The highest BCUT2D eigenvalue weighted by molar-refractivity contribution is 5.78. The summed E-state index contributed by atoms with van der Waals surface area (Å²) in [6.45, 7) is 3.07. The maximum Gasteiger partial charge on any atom is 0.336 e. The van der Waals surface area contributed by atoms with Crippen molar-refractivity contribution in [2.24, 2.45) is 0 Å². The van der Waals surface area contributed by atoms with Crippen LogP contribution in [-0.2, 0) is 4.79 Å². The summed E-state index contributed by atoms with van der Waals surface area (Å²) in [4.78, 5) is 11.0. The van der Waals surface area contributed by atoms with Gasteiger partial charge in [-0.3, -0.25) is 0 Å². The number of hydrogen-bond donors (Lipinski definition) is 2. The summed E-state index contributed by atoms with van der Waals surface area (Å²) in [5.74, 6) is -2.62. The average Bonchev–Trinajstić information content (AvgIpc) is 2.27. The molecule has 0 amide bonds. The third-order valence-electron chi connectivity index (χ3n) is 3.00. The first-order valence-corrected chi connectivity index (χ1v) is 5.13. The SMILES string of the molecule is CCC(O)(C(=O)O)C(C)c1ccccc1F. The minimum absolute atomic E-state index is 0.0256. The van der Waals surface area contributed by atoms with Crippen LogP contribution < -0.4 is 0 Å². The Bertz CT molecular complexity index is 392. The average molecular weight is 226 g/mol. The molecule has 1 rings (SSSR count). The van der Waals surface area contributed by atoms with Gasteiger partial charge in [-0.25, -0.2) is 9.18 Å². The van der Waals surface area contributed by atoms with E-state index in [9.17, 15) is 14.3 Å². The second-order valence-corrected chi connectivity index (χ2v) is 3.83. The predicted molar refractivity (Wildman–Crippen MR) is 57.7 cm³/mol. The molecule has 16 heavy (non-hydrogen) atoms. The minimum atomic E-state index is -1.93. The smallest absolute Gasteiger partial charge is 0.336 e. The molecule has 0 saturated heterocycles. The summed E-state index contributed by atoms with van der Waals surface area (Å²) in [6, 6.07) is 5.89. The molecular weight excluding hydrogens is 211 g/mol. The molecule has 0 aromatic heterocycles. The van der Waals surface area contributed by atoms with Gasteiger partial charge >= 0.3 is 5.97 Å². The van der Waals surface area contributed by atoms with E-state index in [1.54, 1.807) is 13.0 Å². The largest absolute Gasteiger partial charge is 0.479 e. The van der Waals surface area contributed by atoms with Crippen LogP contribution >= 0.6 is 0 Å². The van der Waals surface area contributed by atoms with Gasteiger partial charge in [-0.15, -0.1) is 0 Å². The number of carboxylic acid groups (broad SMARTS) is 1. The Hall–Kier alpha value is -1.42. The highest BCUT2D eigenvalue weighted by Crippen LogP contribution is 2.32. The monoisotopic (exact) mass is 226 g/mol. The Labute approximate surface area is 93.5 Å². The lowest BCUT2D eigenvalue weighted by Gasteiger charge is -2.29. The van der Waals surface area contributed by atoms with Gasteiger partial charge in [0.1, 0.15) is 5.82 Å². The summed E-state index contributed by atoms with van der Waals surface area (Å²) in [7, 11) is 0. The van der Waals surface area contributed by atoms with Crippen LogP contribution in [0.4, 0.5) is 4.39 Å². The fourth-order valence-electron chi connectivity index (χ4n) is 1.73. The molecule has 4 heteroatoms. The molecule has 1 aromatic carbocycles. The van der Waals surface area contributed by atoms with Gasteiger partial charge < -0.3 is 10.2 Å². The van der Waals surface area contributed by atoms with Crippen LogP contribution in [0.1, 0.15) is 31.7 Å². The van der Waals surface area contributed by atoms with E-state index in [1.165, 1.54) is 25.1 Å². The second kappa shape index (κ2) is 4.61. The quantitative estimate of drug-likeness (QED) is 0.827. The molecule has 1 aromatic rings. The number of hydrogen-bond acceptors (Lipinski definition) is 2. The molecule has 0 aliphatic heterocycles. The standard InChI is InChI=1S/C12H15FO3/c1-3-12(16,11(14)15)8(2)9-6-4-5-7-10(9)13/h4-8,16H,3H2,1-2H3,(H,14,15). The fraction of sp³-hybridized carbons (Fsp3) is 0.417. The van der Waals surface area contributed by atoms with Gasteiger partial charge in [0.2, 0.25) is 0 Å². The maximum atomic E-state index is 13.5. The molecule has 2 unspecified atom stereocenters. The molecule has 0 fully saturated rings. The lowest BCUT2D eigenvalue weighted by Crippen LogP contribution is -2.43. The first-order chi connectivity index (χ1) is 7.43. The van der Waals surface area contributed by atoms with E-state index >= 15 is 0 Å². The van der Waals surface area contributed by atoms with Gasteiger partial charge in [0, 0.05) is 5.92 Å². The topological polar surface area (TPSA) is 57.5 Å². The molecule has 2 atom stereocenters. The molecule has 0 spiro atoms. The third kappa shape index (κ3) is 2.07. The Kier molecular flexibility index (Phi) is 3.65.